The van der Waals surface area contributed by atoms with Gasteiger partial charge in [-0.3, -0.25) is 0 Å². The Morgan fingerprint density at radius 2 is 1.07 bits per heavy atom. The highest BCUT2D eigenvalue weighted by molar-refractivity contribution is 6.22. The summed E-state index contributed by atoms with van der Waals surface area (Å²) in [7, 11) is 0. The Kier molecular flexibility index (Phi) is 6.17. The number of nitrogens with zero attached hydrogens (tertiary/aromatic N) is 1. The van der Waals surface area contributed by atoms with Crippen LogP contribution in [0.2, 0.25) is 0 Å². The van der Waals surface area contributed by atoms with Crippen LogP contribution in [0.1, 0.15) is 0 Å². The molecule has 0 atom stereocenters. The summed E-state index contributed by atoms with van der Waals surface area (Å²) in [5.74, 6) is 0. The van der Waals surface area contributed by atoms with E-state index in [1.165, 1.54) is 38.4 Å². The van der Waals surface area contributed by atoms with Gasteiger partial charge in [0.2, 0.25) is 0 Å². The molecule has 46 heavy (non-hydrogen) atoms. The van der Waals surface area contributed by atoms with Crippen molar-refractivity contribution < 1.29 is 4.42 Å². The second-order valence-electron chi connectivity index (χ2n) is 11.7. The summed E-state index contributed by atoms with van der Waals surface area (Å²) in [4.78, 5) is 2.38. The van der Waals surface area contributed by atoms with Crippen molar-refractivity contribution in [3.63, 3.8) is 0 Å². The number of benzene rings is 8. The summed E-state index contributed by atoms with van der Waals surface area (Å²) in [5.41, 5.74) is 9.77. The van der Waals surface area contributed by atoms with E-state index in [0.29, 0.717) is 0 Å². The van der Waals surface area contributed by atoms with Gasteiger partial charge in [-0.2, -0.15) is 0 Å². The van der Waals surface area contributed by atoms with E-state index in [9.17, 15) is 0 Å². The molecule has 2 nitrogen and oxygen atoms in total. The van der Waals surface area contributed by atoms with Crippen LogP contribution >= 0.6 is 0 Å². The highest BCUT2D eigenvalue weighted by atomic mass is 16.3. The van der Waals surface area contributed by atoms with E-state index in [4.69, 9.17) is 4.42 Å². The third kappa shape index (κ3) is 4.27. The SMILES string of the molecule is c1ccc(-c2ccccc2N(c2ccccc2)c2cccc3oc4c5ccccc5c(-c5ccc6ccccc6c5)cc4c23)cc1. The molecule has 1 heterocycles. The van der Waals surface area contributed by atoms with Crippen molar-refractivity contribution in [2.24, 2.45) is 0 Å². The largest absolute Gasteiger partial charge is 0.455 e. The van der Waals surface area contributed by atoms with E-state index < -0.39 is 0 Å². The molecule has 0 saturated carbocycles. The molecular formula is C44H29NO. The Hall–Kier alpha value is -6.12. The average molecular weight is 588 g/mol. The summed E-state index contributed by atoms with van der Waals surface area (Å²) in [6.45, 7) is 0. The van der Waals surface area contributed by atoms with Crippen molar-refractivity contribution in [3.05, 3.63) is 176 Å². The molecule has 0 spiro atoms. The van der Waals surface area contributed by atoms with Crippen molar-refractivity contribution in [2.45, 2.75) is 0 Å². The van der Waals surface area contributed by atoms with Gasteiger partial charge in [0.25, 0.3) is 0 Å². The lowest BCUT2D eigenvalue weighted by atomic mass is 9.93. The van der Waals surface area contributed by atoms with Crippen molar-refractivity contribution in [1.29, 1.82) is 0 Å². The van der Waals surface area contributed by atoms with E-state index in [-0.39, 0.29) is 0 Å². The summed E-state index contributed by atoms with van der Waals surface area (Å²) in [6.07, 6.45) is 0. The normalized spacial score (nSPS) is 11.5. The maximum atomic E-state index is 6.78. The Morgan fingerprint density at radius 1 is 0.391 bits per heavy atom. The summed E-state index contributed by atoms with van der Waals surface area (Å²) < 4.78 is 6.78. The number of furan rings is 1. The van der Waals surface area contributed by atoms with E-state index in [2.05, 4.69) is 181 Å². The number of para-hydroxylation sites is 2. The minimum Gasteiger partial charge on any atom is -0.455 e. The maximum Gasteiger partial charge on any atom is 0.143 e. The molecule has 1 aromatic heterocycles. The minimum absolute atomic E-state index is 0.867. The van der Waals surface area contributed by atoms with E-state index >= 15 is 0 Å². The maximum absolute atomic E-state index is 6.78. The van der Waals surface area contributed by atoms with Crippen LogP contribution in [0.4, 0.5) is 17.1 Å². The average Bonchev–Trinajstić information content (AvgIpc) is 3.52. The monoisotopic (exact) mass is 587 g/mol. The van der Waals surface area contributed by atoms with Gasteiger partial charge in [0.1, 0.15) is 11.2 Å². The van der Waals surface area contributed by atoms with Crippen LogP contribution in [0.25, 0.3) is 65.7 Å². The number of rotatable bonds is 5. The molecule has 9 aromatic rings. The molecule has 0 amide bonds. The molecule has 216 valence electrons. The van der Waals surface area contributed by atoms with E-state index in [1.807, 2.05) is 0 Å². The Bertz CT molecular complexity index is 2530. The molecule has 2 heteroatoms. The van der Waals surface area contributed by atoms with Crippen LogP contribution in [0.3, 0.4) is 0 Å². The van der Waals surface area contributed by atoms with E-state index in [0.717, 1.165) is 44.4 Å². The van der Waals surface area contributed by atoms with Gasteiger partial charge >= 0.3 is 0 Å². The predicted molar refractivity (Wildman–Crippen MR) is 194 cm³/mol. The molecular weight excluding hydrogens is 558 g/mol. The fourth-order valence-electron chi connectivity index (χ4n) is 6.93. The summed E-state index contributed by atoms with van der Waals surface area (Å²) in [5, 5.41) is 6.96. The Morgan fingerprint density at radius 3 is 1.91 bits per heavy atom. The van der Waals surface area contributed by atoms with Gasteiger partial charge in [-0.1, -0.05) is 133 Å². The Labute approximate surface area is 267 Å². The lowest BCUT2D eigenvalue weighted by molar-refractivity contribution is 0.672. The van der Waals surface area contributed by atoms with Crippen LogP contribution in [-0.2, 0) is 0 Å². The molecule has 0 unspecified atom stereocenters. The quantitative estimate of drug-likeness (QED) is 0.199. The number of fused-ring (bicyclic) bond motifs is 6. The van der Waals surface area contributed by atoms with Crippen LogP contribution < -0.4 is 4.90 Å². The highest BCUT2D eigenvalue weighted by Crippen LogP contribution is 2.48. The minimum atomic E-state index is 0.867. The fraction of sp³-hybridized carbons (Fsp3) is 0. The van der Waals surface area contributed by atoms with Gasteiger partial charge in [0.15, 0.2) is 0 Å². The van der Waals surface area contributed by atoms with Crippen LogP contribution in [0.15, 0.2) is 180 Å². The van der Waals surface area contributed by atoms with Gasteiger partial charge < -0.3 is 9.32 Å². The topological polar surface area (TPSA) is 16.4 Å². The molecule has 0 aliphatic rings. The lowest BCUT2D eigenvalue weighted by Gasteiger charge is -2.28. The summed E-state index contributed by atoms with van der Waals surface area (Å²) in [6, 6.07) is 62.6. The summed E-state index contributed by atoms with van der Waals surface area (Å²) >= 11 is 0. The second kappa shape index (κ2) is 10.8. The van der Waals surface area contributed by atoms with Crippen LogP contribution in [-0.4, -0.2) is 0 Å². The van der Waals surface area contributed by atoms with Crippen molar-refractivity contribution in [2.75, 3.05) is 4.90 Å². The second-order valence-corrected chi connectivity index (χ2v) is 11.7. The van der Waals surface area contributed by atoms with Crippen LogP contribution in [0.5, 0.6) is 0 Å². The molecule has 0 N–H and O–H groups in total. The first-order valence-electron chi connectivity index (χ1n) is 15.7. The zero-order chi connectivity index (χ0) is 30.5. The molecule has 8 aromatic carbocycles. The zero-order valence-corrected chi connectivity index (χ0v) is 25.1. The van der Waals surface area contributed by atoms with Gasteiger partial charge in [-0.15, -0.1) is 0 Å². The highest BCUT2D eigenvalue weighted by Gasteiger charge is 2.23. The first-order chi connectivity index (χ1) is 22.8. The zero-order valence-electron chi connectivity index (χ0n) is 25.1. The first kappa shape index (κ1) is 26.3. The van der Waals surface area contributed by atoms with Gasteiger partial charge in [0, 0.05) is 22.0 Å². The number of anilines is 3. The fourth-order valence-corrected chi connectivity index (χ4v) is 6.93. The molecule has 0 aliphatic carbocycles. The molecule has 0 aliphatic heterocycles. The van der Waals surface area contributed by atoms with E-state index in [1.54, 1.807) is 0 Å². The van der Waals surface area contributed by atoms with Crippen molar-refractivity contribution in [1.82, 2.24) is 0 Å². The van der Waals surface area contributed by atoms with Crippen molar-refractivity contribution >= 4 is 60.5 Å². The molecule has 0 bridgehead atoms. The standard InChI is InChI=1S/C44H29NO/c1-3-15-31(16-4-1)35-20-11-12-23-40(35)45(34-18-5-2-6-19-34)41-24-13-25-42-43(41)39-29-38(36-21-9-10-22-37(36)44(39)46-42)33-27-26-30-14-7-8-17-32(30)28-33/h1-29H. The molecule has 0 radical (unpaired) electrons. The van der Waals surface area contributed by atoms with Gasteiger partial charge in [-0.05, 0) is 75.3 Å². The number of hydrogen-bond acceptors (Lipinski definition) is 2. The van der Waals surface area contributed by atoms with Crippen LogP contribution in [0, 0.1) is 0 Å². The lowest BCUT2D eigenvalue weighted by Crippen LogP contribution is -2.11. The van der Waals surface area contributed by atoms with Crippen molar-refractivity contribution in [3.8, 4) is 22.3 Å². The molecule has 0 fully saturated rings. The first-order valence-corrected chi connectivity index (χ1v) is 15.7. The third-order valence-electron chi connectivity index (χ3n) is 9.03. The predicted octanol–water partition coefficient (Wildman–Crippen LogP) is 12.7. The van der Waals surface area contributed by atoms with Gasteiger partial charge in [-0.25, -0.2) is 0 Å². The smallest absolute Gasteiger partial charge is 0.143 e. The molecule has 0 saturated heterocycles. The number of hydrogen-bond donors (Lipinski definition) is 0. The third-order valence-corrected chi connectivity index (χ3v) is 9.03. The Balaban J connectivity index is 1.36. The molecule has 9 rings (SSSR count). The van der Waals surface area contributed by atoms with Gasteiger partial charge in [0.05, 0.1) is 16.8 Å².